The Morgan fingerprint density at radius 1 is 0.623 bits per heavy atom. The number of rotatable bonds is 41. The van der Waals surface area contributed by atoms with Crippen LogP contribution < -0.4 is 15.5 Å². The van der Waals surface area contributed by atoms with Crippen LogP contribution in [0.2, 0.25) is 0 Å². The number of hydrogen-bond donors (Lipinski definition) is 4. The van der Waals surface area contributed by atoms with Crippen LogP contribution in [0.5, 0.6) is 0 Å². The SMILES string of the molecule is Cc1cc(Nc2cc(N3CCN(C(=O)COCCOCCOCCOCCOCCOCCOCCOCCOCCOCCOCCO)CC3)nc(Sc3ccc(NC(=O)C4CC4)cc3)n2)n[nH]1. The molecule has 69 heavy (non-hydrogen) atoms. The van der Waals surface area contributed by atoms with Crippen LogP contribution in [0.3, 0.4) is 0 Å². The molecule has 22 nitrogen and oxygen atoms in total. The average Bonchev–Trinajstić information content (AvgIpc) is 4.14. The molecule has 1 saturated carbocycles. The van der Waals surface area contributed by atoms with Crippen LogP contribution in [-0.2, 0) is 61.7 Å². The van der Waals surface area contributed by atoms with Crippen LogP contribution in [0.4, 0.5) is 23.1 Å². The second-order valence-electron chi connectivity index (χ2n) is 15.6. The summed E-state index contributed by atoms with van der Waals surface area (Å²) in [6.45, 7) is 13.6. The minimum absolute atomic E-state index is 0.0150. The van der Waals surface area contributed by atoms with Crippen molar-refractivity contribution in [3.05, 3.63) is 42.1 Å². The van der Waals surface area contributed by atoms with Crippen molar-refractivity contribution in [2.75, 3.05) is 194 Å². The van der Waals surface area contributed by atoms with Crippen molar-refractivity contribution in [3.63, 3.8) is 0 Å². The monoisotopic (exact) mass is 992 g/mol. The number of aryl methyl sites for hydroxylation is 1. The van der Waals surface area contributed by atoms with Crippen LogP contribution in [-0.4, -0.2) is 220 Å². The van der Waals surface area contributed by atoms with E-state index in [0.29, 0.717) is 182 Å². The Morgan fingerprint density at radius 3 is 1.52 bits per heavy atom. The highest BCUT2D eigenvalue weighted by Gasteiger charge is 2.29. The van der Waals surface area contributed by atoms with Gasteiger partial charge in [0.05, 0.1) is 145 Å². The average molecular weight is 993 g/mol. The largest absolute Gasteiger partial charge is 0.394 e. The van der Waals surface area contributed by atoms with Crippen LogP contribution in [0, 0.1) is 12.8 Å². The quantitative estimate of drug-likeness (QED) is 0.0472. The number of nitrogens with zero attached hydrogens (tertiary/aromatic N) is 5. The fourth-order valence-electron chi connectivity index (χ4n) is 6.30. The Balaban J connectivity index is 0.797. The van der Waals surface area contributed by atoms with E-state index in [-0.39, 0.29) is 30.9 Å². The van der Waals surface area contributed by atoms with Gasteiger partial charge in [-0.1, -0.05) is 0 Å². The molecule has 1 aromatic carbocycles. The van der Waals surface area contributed by atoms with Crippen molar-refractivity contribution >= 4 is 46.7 Å². The van der Waals surface area contributed by atoms with Crippen LogP contribution in [0.25, 0.3) is 0 Å². The van der Waals surface area contributed by atoms with Crippen molar-refractivity contribution in [3.8, 4) is 0 Å². The van der Waals surface area contributed by atoms with Crippen LogP contribution in [0.15, 0.2) is 46.5 Å². The van der Waals surface area contributed by atoms with Gasteiger partial charge in [-0.05, 0) is 55.8 Å². The van der Waals surface area contributed by atoms with E-state index in [2.05, 4.69) is 25.7 Å². The first-order valence-corrected chi connectivity index (χ1v) is 24.5. The normalized spacial score (nSPS) is 13.9. The number of hydrogen-bond acceptors (Lipinski definition) is 20. The molecule has 5 rings (SSSR count). The molecule has 0 spiro atoms. The first-order chi connectivity index (χ1) is 34.0. The van der Waals surface area contributed by atoms with Gasteiger partial charge < -0.3 is 77.6 Å². The van der Waals surface area contributed by atoms with Crippen molar-refractivity contribution in [1.29, 1.82) is 0 Å². The Hall–Kier alpha value is -4.08. The van der Waals surface area contributed by atoms with Gasteiger partial charge in [0.1, 0.15) is 18.2 Å². The van der Waals surface area contributed by atoms with E-state index in [1.807, 2.05) is 43.3 Å². The fraction of sp³-hybridized carbons (Fsp3) is 0.674. The highest BCUT2D eigenvalue weighted by Crippen LogP contribution is 2.32. The summed E-state index contributed by atoms with van der Waals surface area (Å²) < 4.78 is 60.1. The van der Waals surface area contributed by atoms with Gasteiger partial charge in [-0.3, -0.25) is 14.7 Å². The molecule has 386 valence electrons. The van der Waals surface area contributed by atoms with Crippen molar-refractivity contribution in [2.24, 2.45) is 5.92 Å². The molecule has 2 fully saturated rings. The molecule has 1 aliphatic heterocycles. The molecule has 2 aliphatic rings. The Labute approximate surface area is 409 Å². The number of nitrogens with one attached hydrogen (secondary N) is 3. The van der Waals surface area contributed by atoms with E-state index in [1.165, 1.54) is 11.8 Å². The molecule has 0 unspecified atom stereocenters. The summed E-state index contributed by atoms with van der Waals surface area (Å²) in [5, 5.41) is 22.7. The lowest BCUT2D eigenvalue weighted by Crippen LogP contribution is -2.50. The molecule has 2 amide bonds. The number of anilines is 4. The first-order valence-electron chi connectivity index (χ1n) is 23.7. The number of aromatic amines is 1. The predicted molar refractivity (Wildman–Crippen MR) is 255 cm³/mol. The van der Waals surface area contributed by atoms with Gasteiger partial charge in [0, 0.05) is 60.5 Å². The topological polar surface area (TPSA) is 241 Å². The van der Waals surface area contributed by atoms with E-state index < -0.39 is 0 Å². The van der Waals surface area contributed by atoms with E-state index in [1.54, 1.807) is 4.90 Å². The van der Waals surface area contributed by atoms with Gasteiger partial charge in [0.15, 0.2) is 11.0 Å². The standard InChI is InChI=1S/C46H72N8O14S/c1-37-34-42(52-51-37)48-41-35-43(50-46(49-41)69-40-6-4-39(5-7-40)47-45(57)38-2-3-38)53-8-10-54(11-9-53)44(56)36-68-33-32-67-31-30-66-29-28-65-27-26-64-25-24-63-23-22-62-21-20-61-19-18-60-17-16-59-15-14-58-13-12-55/h4-7,34-35,38,55H,2-3,8-33,36H2,1H3,(H,47,57)(H2,48,49,50,51,52). The van der Waals surface area contributed by atoms with Crippen LogP contribution >= 0.6 is 11.8 Å². The molecule has 4 N–H and O–H groups in total. The third kappa shape index (κ3) is 25.0. The molecule has 2 aromatic heterocycles. The number of piperazine rings is 1. The maximum atomic E-state index is 13.0. The minimum Gasteiger partial charge on any atom is -0.394 e. The summed E-state index contributed by atoms with van der Waals surface area (Å²) in [7, 11) is 0. The summed E-state index contributed by atoms with van der Waals surface area (Å²) >= 11 is 1.43. The maximum Gasteiger partial charge on any atom is 0.248 e. The number of carbonyl (C=O) groups is 2. The summed E-state index contributed by atoms with van der Waals surface area (Å²) in [4.78, 5) is 39.7. The second-order valence-corrected chi connectivity index (χ2v) is 16.7. The molecular formula is C46H72N8O14S. The van der Waals surface area contributed by atoms with Crippen molar-refractivity contribution in [1.82, 2.24) is 25.1 Å². The van der Waals surface area contributed by atoms with Gasteiger partial charge >= 0.3 is 0 Å². The molecule has 3 heterocycles. The van der Waals surface area contributed by atoms with Gasteiger partial charge in [-0.25, -0.2) is 9.97 Å². The predicted octanol–water partition coefficient (Wildman–Crippen LogP) is 2.57. The van der Waals surface area contributed by atoms with E-state index in [0.717, 1.165) is 34.9 Å². The third-order valence-corrected chi connectivity index (χ3v) is 10.9. The Morgan fingerprint density at radius 2 is 1.09 bits per heavy atom. The summed E-state index contributed by atoms with van der Waals surface area (Å²) in [6.07, 6.45) is 1.91. The number of aromatic nitrogens is 4. The zero-order valence-corrected chi connectivity index (χ0v) is 40.8. The second kappa shape index (κ2) is 35.1. The van der Waals surface area contributed by atoms with Gasteiger partial charge in [0.2, 0.25) is 11.8 Å². The highest BCUT2D eigenvalue weighted by atomic mass is 32.2. The zero-order valence-electron chi connectivity index (χ0n) is 39.9. The molecule has 1 aliphatic carbocycles. The Kier molecular flexibility index (Phi) is 28.4. The molecular weight excluding hydrogens is 921 g/mol. The number of benzene rings is 1. The van der Waals surface area contributed by atoms with E-state index >= 15 is 0 Å². The lowest BCUT2D eigenvalue weighted by molar-refractivity contribution is -0.137. The van der Waals surface area contributed by atoms with Crippen molar-refractivity contribution < 1.29 is 66.8 Å². The lowest BCUT2D eigenvalue weighted by Gasteiger charge is -2.35. The summed E-state index contributed by atoms with van der Waals surface area (Å²) in [6, 6.07) is 11.5. The number of ether oxygens (including phenoxy) is 11. The molecule has 0 atom stereocenters. The van der Waals surface area contributed by atoms with E-state index in [9.17, 15) is 9.59 Å². The Bertz CT molecular complexity index is 1820. The number of carbonyl (C=O) groups excluding carboxylic acids is 2. The van der Waals surface area contributed by atoms with Crippen molar-refractivity contribution in [2.45, 2.75) is 29.8 Å². The molecule has 23 heteroatoms. The smallest absolute Gasteiger partial charge is 0.248 e. The maximum absolute atomic E-state index is 13.0. The minimum atomic E-state index is -0.0694. The molecule has 3 aromatic rings. The molecule has 0 bridgehead atoms. The van der Waals surface area contributed by atoms with Crippen LogP contribution in [0.1, 0.15) is 18.5 Å². The van der Waals surface area contributed by atoms with E-state index in [4.69, 9.17) is 67.2 Å². The van der Waals surface area contributed by atoms with Gasteiger partial charge in [0.25, 0.3) is 0 Å². The van der Waals surface area contributed by atoms with Gasteiger partial charge in [-0.15, -0.1) is 0 Å². The lowest BCUT2D eigenvalue weighted by atomic mass is 10.3. The zero-order chi connectivity index (χ0) is 48.4. The van der Waals surface area contributed by atoms with Gasteiger partial charge in [-0.2, -0.15) is 5.10 Å². The summed E-state index contributed by atoms with van der Waals surface area (Å²) in [5.74, 6) is 2.12. The fourth-order valence-corrected chi connectivity index (χ4v) is 7.06. The molecule has 1 saturated heterocycles. The first kappa shape index (κ1) is 55.8. The third-order valence-electron chi connectivity index (χ3n) is 10.1. The highest BCUT2D eigenvalue weighted by molar-refractivity contribution is 7.99. The number of aliphatic hydroxyl groups is 1. The summed E-state index contributed by atoms with van der Waals surface area (Å²) in [5.41, 5.74) is 1.69. The number of amides is 2. The number of aliphatic hydroxyl groups excluding tert-OH is 1. The number of H-pyrrole nitrogens is 1. The molecule has 0 radical (unpaired) electrons.